The van der Waals surface area contributed by atoms with Crippen LogP contribution in [-0.4, -0.2) is 5.78 Å². The Hall–Kier alpha value is -1.69. The molecule has 1 aromatic carbocycles. The van der Waals surface area contributed by atoms with Gasteiger partial charge in [-0.15, -0.1) is 5.92 Å². The minimum atomic E-state index is -1.10. The van der Waals surface area contributed by atoms with Crippen molar-refractivity contribution in [2.45, 2.75) is 13.3 Å². The standard InChI is InChI=1S/C11H8F2O/c1-2-3-7-10(14)8-5-4-6-9(12)11(8)13/h4-6H,7H2,1H3. The lowest BCUT2D eigenvalue weighted by molar-refractivity contribution is 0.0993. The summed E-state index contributed by atoms with van der Waals surface area (Å²) in [7, 11) is 0. The van der Waals surface area contributed by atoms with Crippen molar-refractivity contribution in [3.63, 3.8) is 0 Å². The number of benzene rings is 1. The number of carbonyl (C=O) groups excluding carboxylic acids is 1. The Morgan fingerprint density at radius 3 is 2.79 bits per heavy atom. The Bertz CT molecular complexity index is 413. The van der Waals surface area contributed by atoms with Gasteiger partial charge in [0.15, 0.2) is 17.4 Å². The van der Waals surface area contributed by atoms with E-state index in [1.54, 1.807) is 6.92 Å². The van der Waals surface area contributed by atoms with Crippen molar-refractivity contribution < 1.29 is 13.6 Å². The van der Waals surface area contributed by atoms with Crippen LogP contribution in [-0.2, 0) is 0 Å². The predicted octanol–water partition coefficient (Wildman–Crippen LogP) is 2.56. The van der Waals surface area contributed by atoms with Gasteiger partial charge in [0.2, 0.25) is 0 Å². The van der Waals surface area contributed by atoms with Gasteiger partial charge in [0, 0.05) is 0 Å². The van der Waals surface area contributed by atoms with Gasteiger partial charge in [-0.2, -0.15) is 0 Å². The molecule has 0 fully saturated rings. The van der Waals surface area contributed by atoms with Crippen molar-refractivity contribution in [3.8, 4) is 11.8 Å². The molecule has 0 aromatic heterocycles. The SMILES string of the molecule is CC#CCC(=O)c1cccc(F)c1F. The number of ketones is 1. The molecule has 0 spiro atoms. The van der Waals surface area contributed by atoms with E-state index < -0.39 is 17.4 Å². The number of Topliss-reactive ketones (excluding diaryl/α,β-unsaturated/α-hetero) is 1. The third kappa shape index (κ3) is 2.17. The molecule has 0 saturated heterocycles. The molecule has 0 N–H and O–H groups in total. The zero-order chi connectivity index (χ0) is 10.6. The Labute approximate surface area is 80.7 Å². The fourth-order valence-electron chi connectivity index (χ4n) is 0.983. The molecular weight excluding hydrogens is 186 g/mol. The summed E-state index contributed by atoms with van der Waals surface area (Å²) in [6.07, 6.45) is -0.0864. The molecule has 0 radical (unpaired) electrons. The van der Waals surface area contributed by atoms with Gasteiger partial charge in [-0.1, -0.05) is 12.0 Å². The molecule has 0 aliphatic rings. The summed E-state index contributed by atoms with van der Waals surface area (Å²) in [5, 5.41) is 0. The molecule has 0 aliphatic carbocycles. The maximum Gasteiger partial charge on any atom is 0.177 e. The normalized spacial score (nSPS) is 9.07. The van der Waals surface area contributed by atoms with E-state index in [-0.39, 0.29) is 12.0 Å². The minimum absolute atomic E-state index is 0.0864. The van der Waals surface area contributed by atoms with Crippen LogP contribution in [0.25, 0.3) is 0 Å². The van der Waals surface area contributed by atoms with Crippen LogP contribution >= 0.6 is 0 Å². The molecule has 0 heterocycles. The second-order valence-corrected chi connectivity index (χ2v) is 2.63. The molecule has 14 heavy (non-hydrogen) atoms. The Morgan fingerprint density at radius 1 is 1.43 bits per heavy atom. The summed E-state index contributed by atoms with van der Waals surface area (Å²) in [6, 6.07) is 3.51. The summed E-state index contributed by atoms with van der Waals surface area (Å²) >= 11 is 0. The first-order chi connectivity index (χ1) is 6.66. The van der Waals surface area contributed by atoms with Gasteiger partial charge in [0.05, 0.1) is 12.0 Å². The van der Waals surface area contributed by atoms with Crippen LogP contribution in [0.5, 0.6) is 0 Å². The van der Waals surface area contributed by atoms with Crippen molar-refractivity contribution in [2.24, 2.45) is 0 Å². The maximum absolute atomic E-state index is 13.0. The van der Waals surface area contributed by atoms with Crippen LogP contribution in [0.4, 0.5) is 8.78 Å². The van der Waals surface area contributed by atoms with E-state index in [0.29, 0.717) is 0 Å². The third-order valence-electron chi connectivity index (χ3n) is 1.68. The van der Waals surface area contributed by atoms with Crippen molar-refractivity contribution in [3.05, 3.63) is 35.4 Å². The average Bonchev–Trinajstić information content (AvgIpc) is 2.18. The van der Waals surface area contributed by atoms with Crippen molar-refractivity contribution >= 4 is 5.78 Å². The average molecular weight is 194 g/mol. The number of halogens is 2. The fourth-order valence-corrected chi connectivity index (χ4v) is 0.983. The van der Waals surface area contributed by atoms with E-state index in [4.69, 9.17) is 0 Å². The quantitative estimate of drug-likeness (QED) is 0.522. The lowest BCUT2D eigenvalue weighted by Gasteiger charge is -1.99. The lowest BCUT2D eigenvalue weighted by Crippen LogP contribution is -2.02. The molecule has 0 amide bonds. The van der Waals surface area contributed by atoms with E-state index in [0.717, 1.165) is 6.07 Å². The maximum atomic E-state index is 13.0. The number of hydrogen-bond acceptors (Lipinski definition) is 1. The monoisotopic (exact) mass is 194 g/mol. The van der Waals surface area contributed by atoms with Crippen LogP contribution in [0.15, 0.2) is 18.2 Å². The molecule has 1 rings (SSSR count). The van der Waals surface area contributed by atoms with Crippen LogP contribution in [0.3, 0.4) is 0 Å². The van der Waals surface area contributed by atoms with E-state index in [1.165, 1.54) is 12.1 Å². The highest BCUT2D eigenvalue weighted by Crippen LogP contribution is 2.12. The van der Waals surface area contributed by atoms with Gasteiger partial charge in [0.25, 0.3) is 0 Å². The van der Waals surface area contributed by atoms with Gasteiger partial charge < -0.3 is 0 Å². The van der Waals surface area contributed by atoms with Crippen molar-refractivity contribution in [2.75, 3.05) is 0 Å². The zero-order valence-electron chi connectivity index (χ0n) is 7.60. The van der Waals surface area contributed by atoms with E-state index >= 15 is 0 Å². The van der Waals surface area contributed by atoms with Gasteiger partial charge >= 0.3 is 0 Å². The Kier molecular flexibility index (Phi) is 3.35. The third-order valence-corrected chi connectivity index (χ3v) is 1.68. The molecule has 0 unspecified atom stereocenters. The molecule has 3 heteroatoms. The molecular formula is C11H8F2O. The topological polar surface area (TPSA) is 17.1 Å². The highest BCUT2D eigenvalue weighted by Gasteiger charge is 2.13. The van der Waals surface area contributed by atoms with Gasteiger partial charge in [-0.3, -0.25) is 4.79 Å². The number of rotatable bonds is 2. The van der Waals surface area contributed by atoms with Crippen LogP contribution in [0.2, 0.25) is 0 Å². The predicted molar refractivity (Wildman–Crippen MR) is 48.8 cm³/mol. The van der Waals surface area contributed by atoms with Crippen LogP contribution < -0.4 is 0 Å². The Morgan fingerprint density at radius 2 is 2.14 bits per heavy atom. The van der Waals surface area contributed by atoms with Crippen molar-refractivity contribution in [1.29, 1.82) is 0 Å². The first-order valence-corrected chi connectivity index (χ1v) is 4.03. The summed E-state index contributed by atoms with van der Waals surface area (Å²) in [6.45, 7) is 1.58. The van der Waals surface area contributed by atoms with E-state index in [9.17, 15) is 13.6 Å². The lowest BCUT2D eigenvalue weighted by atomic mass is 10.1. The first-order valence-electron chi connectivity index (χ1n) is 4.03. The van der Waals surface area contributed by atoms with Gasteiger partial charge in [-0.05, 0) is 19.1 Å². The van der Waals surface area contributed by atoms with Gasteiger partial charge in [-0.25, -0.2) is 8.78 Å². The largest absolute Gasteiger partial charge is 0.293 e. The summed E-state index contributed by atoms with van der Waals surface area (Å²) < 4.78 is 25.7. The second kappa shape index (κ2) is 4.52. The highest BCUT2D eigenvalue weighted by molar-refractivity contribution is 5.97. The van der Waals surface area contributed by atoms with E-state index in [2.05, 4.69) is 11.8 Å². The van der Waals surface area contributed by atoms with Crippen LogP contribution in [0, 0.1) is 23.5 Å². The number of hydrogen-bond donors (Lipinski definition) is 0. The van der Waals surface area contributed by atoms with E-state index in [1.807, 2.05) is 0 Å². The smallest absolute Gasteiger partial charge is 0.177 e. The molecule has 1 aromatic rings. The molecule has 0 bridgehead atoms. The summed E-state index contributed by atoms with van der Waals surface area (Å²) in [5.74, 6) is 2.40. The fraction of sp³-hybridized carbons (Fsp3) is 0.182. The Balaban J connectivity index is 2.99. The molecule has 72 valence electrons. The second-order valence-electron chi connectivity index (χ2n) is 2.63. The van der Waals surface area contributed by atoms with Crippen molar-refractivity contribution in [1.82, 2.24) is 0 Å². The molecule has 0 atom stereocenters. The summed E-state index contributed by atoms with van der Waals surface area (Å²) in [4.78, 5) is 11.3. The van der Waals surface area contributed by atoms with Gasteiger partial charge in [0.1, 0.15) is 0 Å². The molecule has 1 nitrogen and oxygen atoms in total. The zero-order valence-corrected chi connectivity index (χ0v) is 7.60. The van der Waals surface area contributed by atoms with Crippen LogP contribution in [0.1, 0.15) is 23.7 Å². The summed E-state index contributed by atoms with van der Waals surface area (Å²) in [5.41, 5.74) is -0.243. The number of carbonyl (C=O) groups is 1. The highest BCUT2D eigenvalue weighted by atomic mass is 19.2. The first kappa shape index (κ1) is 10.4. The minimum Gasteiger partial charge on any atom is -0.293 e. The molecule has 0 aliphatic heterocycles. The molecule has 0 saturated carbocycles.